The van der Waals surface area contributed by atoms with Crippen LogP contribution in [0.25, 0.3) is 0 Å². The molecule has 6 heteroatoms. The fourth-order valence-electron chi connectivity index (χ4n) is 2.09. The Bertz CT molecular complexity index is 623. The Morgan fingerprint density at radius 3 is 2.75 bits per heavy atom. The molecule has 106 valence electrons. The number of nitrogens with one attached hydrogen (secondary N) is 2. The van der Waals surface area contributed by atoms with Crippen LogP contribution in [0.3, 0.4) is 0 Å². The number of nitrogen functional groups attached to an aromatic ring is 1. The van der Waals surface area contributed by atoms with Crippen LogP contribution < -0.4 is 16.4 Å². The molecule has 1 amide bonds. The lowest BCUT2D eigenvalue weighted by Crippen LogP contribution is -2.20. The van der Waals surface area contributed by atoms with E-state index >= 15 is 0 Å². The van der Waals surface area contributed by atoms with Crippen LogP contribution in [0, 0.1) is 6.92 Å². The zero-order valence-corrected chi connectivity index (χ0v) is 12.5. The molecule has 1 heterocycles. The van der Waals surface area contributed by atoms with E-state index in [2.05, 4.69) is 34.1 Å². The van der Waals surface area contributed by atoms with Gasteiger partial charge in [-0.2, -0.15) is 4.37 Å². The average molecular weight is 290 g/mol. The van der Waals surface area contributed by atoms with Crippen LogP contribution in [0.2, 0.25) is 0 Å². The molecule has 4 N–H and O–H groups in total. The third-order valence-corrected chi connectivity index (χ3v) is 3.97. The molecule has 0 saturated carbocycles. The minimum atomic E-state index is -0.226. The molecule has 0 fully saturated rings. The summed E-state index contributed by atoms with van der Waals surface area (Å²) in [5, 5.41) is 6.59. The Kier molecular flexibility index (Phi) is 4.24. The van der Waals surface area contributed by atoms with Crippen molar-refractivity contribution in [2.24, 2.45) is 0 Å². The number of benzene rings is 1. The summed E-state index contributed by atoms with van der Waals surface area (Å²) in [7, 11) is 1.58. The molecule has 1 aromatic heterocycles. The Balaban J connectivity index is 2.27. The topological polar surface area (TPSA) is 80.0 Å². The highest BCUT2D eigenvalue weighted by Crippen LogP contribution is 2.30. The van der Waals surface area contributed by atoms with Crippen molar-refractivity contribution in [3.05, 3.63) is 41.0 Å². The number of hydrogen-bond acceptors (Lipinski definition) is 5. The number of hydrogen-bond donors (Lipinski definition) is 3. The lowest BCUT2D eigenvalue weighted by Gasteiger charge is -2.17. The van der Waals surface area contributed by atoms with Crippen molar-refractivity contribution < 1.29 is 4.79 Å². The van der Waals surface area contributed by atoms with E-state index in [1.807, 2.05) is 19.1 Å². The van der Waals surface area contributed by atoms with Gasteiger partial charge in [-0.05, 0) is 36.5 Å². The smallest absolute Gasteiger partial charge is 0.257 e. The molecule has 0 saturated heterocycles. The third-order valence-electron chi connectivity index (χ3n) is 3.18. The first-order valence-corrected chi connectivity index (χ1v) is 7.11. The molecule has 1 unspecified atom stereocenters. The summed E-state index contributed by atoms with van der Waals surface area (Å²) < 4.78 is 4.05. The Labute approximate surface area is 122 Å². The van der Waals surface area contributed by atoms with E-state index in [-0.39, 0.29) is 17.8 Å². The maximum absolute atomic E-state index is 11.8. The van der Waals surface area contributed by atoms with Crippen LogP contribution in [-0.2, 0) is 0 Å². The van der Waals surface area contributed by atoms with Crippen molar-refractivity contribution in [2.45, 2.75) is 19.9 Å². The normalized spacial score (nSPS) is 11.9. The van der Waals surface area contributed by atoms with Gasteiger partial charge in [-0.1, -0.05) is 24.3 Å². The minimum absolute atomic E-state index is 0.0689. The Morgan fingerprint density at radius 1 is 1.40 bits per heavy atom. The van der Waals surface area contributed by atoms with Gasteiger partial charge in [0, 0.05) is 13.1 Å². The van der Waals surface area contributed by atoms with Crippen molar-refractivity contribution in [3.63, 3.8) is 0 Å². The summed E-state index contributed by atoms with van der Waals surface area (Å²) in [6, 6.07) is 8.21. The molecule has 1 atom stereocenters. The van der Waals surface area contributed by atoms with Crippen molar-refractivity contribution in [3.8, 4) is 0 Å². The first-order valence-electron chi connectivity index (χ1n) is 6.34. The van der Waals surface area contributed by atoms with Crippen molar-refractivity contribution in [2.75, 3.05) is 18.1 Å². The molecular weight excluding hydrogens is 272 g/mol. The number of carbonyl (C=O) groups is 1. The number of rotatable bonds is 4. The molecule has 2 aromatic rings. The van der Waals surface area contributed by atoms with E-state index in [1.54, 1.807) is 7.05 Å². The number of carbonyl (C=O) groups excluding carboxylic acids is 1. The number of nitrogens with zero attached hydrogens (tertiary/aromatic N) is 1. The van der Waals surface area contributed by atoms with Crippen LogP contribution in [0.5, 0.6) is 0 Å². The van der Waals surface area contributed by atoms with Crippen molar-refractivity contribution >= 4 is 28.3 Å². The van der Waals surface area contributed by atoms with Crippen molar-refractivity contribution in [1.82, 2.24) is 9.69 Å². The average Bonchev–Trinajstić information content (AvgIpc) is 2.79. The molecule has 5 nitrogen and oxygen atoms in total. The number of nitrogens with two attached hydrogens (primary N) is 1. The molecule has 0 bridgehead atoms. The van der Waals surface area contributed by atoms with Gasteiger partial charge in [-0.3, -0.25) is 4.79 Å². The summed E-state index contributed by atoms with van der Waals surface area (Å²) in [5.74, 6) is 0.0320. The fourth-order valence-corrected chi connectivity index (χ4v) is 2.89. The molecule has 0 aliphatic heterocycles. The highest BCUT2D eigenvalue weighted by Gasteiger charge is 2.20. The molecule has 0 aliphatic rings. The Morgan fingerprint density at radius 2 is 2.10 bits per heavy atom. The quantitative estimate of drug-likeness (QED) is 0.808. The monoisotopic (exact) mass is 290 g/mol. The van der Waals surface area contributed by atoms with E-state index in [0.29, 0.717) is 10.6 Å². The summed E-state index contributed by atoms with van der Waals surface area (Å²) in [5.41, 5.74) is 8.56. The third kappa shape index (κ3) is 2.75. The van der Waals surface area contributed by atoms with Crippen LogP contribution in [0.15, 0.2) is 24.3 Å². The van der Waals surface area contributed by atoms with E-state index in [1.165, 1.54) is 22.7 Å². The van der Waals surface area contributed by atoms with Crippen LogP contribution in [0.1, 0.15) is 34.5 Å². The highest BCUT2D eigenvalue weighted by molar-refractivity contribution is 7.11. The predicted molar refractivity (Wildman–Crippen MR) is 83.1 cm³/mol. The summed E-state index contributed by atoms with van der Waals surface area (Å²) in [6.07, 6.45) is 0. The minimum Gasteiger partial charge on any atom is -0.382 e. The van der Waals surface area contributed by atoms with Gasteiger partial charge in [0.05, 0.1) is 0 Å². The largest absolute Gasteiger partial charge is 0.382 e. The van der Waals surface area contributed by atoms with Gasteiger partial charge in [-0.25, -0.2) is 0 Å². The van der Waals surface area contributed by atoms with Gasteiger partial charge in [0.25, 0.3) is 5.91 Å². The summed E-state index contributed by atoms with van der Waals surface area (Å²) in [6.45, 7) is 4.11. The highest BCUT2D eigenvalue weighted by atomic mass is 32.1. The van der Waals surface area contributed by atoms with Gasteiger partial charge in [0.1, 0.15) is 10.6 Å². The molecule has 0 aliphatic carbocycles. The maximum atomic E-state index is 11.8. The number of amides is 1. The van der Waals surface area contributed by atoms with Crippen LogP contribution in [0.4, 0.5) is 10.8 Å². The number of aryl methyl sites for hydroxylation is 1. The molecule has 0 spiro atoms. The van der Waals surface area contributed by atoms with Gasteiger partial charge in [0.2, 0.25) is 0 Å². The van der Waals surface area contributed by atoms with Gasteiger partial charge < -0.3 is 16.4 Å². The molecule has 20 heavy (non-hydrogen) atoms. The first-order chi connectivity index (χ1) is 9.54. The van der Waals surface area contributed by atoms with E-state index in [4.69, 9.17) is 5.73 Å². The van der Waals surface area contributed by atoms with E-state index < -0.39 is 0 Å². The van der Waals surface area contributed by atoms with E-state index in [0.717, 1.165) is 0 Å². The summed E-state index contributed by atoms with van der Waals surface area (Å²) >= 11 is 1.20. The van der Waals surface area contributed by atoms with E-state index in [9.17, 15) is 4.79 Å². The maximum Gasteiger partial charge on any atom is 0.257 e. The molecular formula is C14H18N4OS. The van der Waals surface area contributed by atoms with Gasteiger partial charge in [0.15, 0.2) is 5.82 Å². The summed E-state index contributed by atoms with van der Waals surface area (Å²) in [4.78, 5) is 11.8. The SMILES string of the molecule is CNC(=O)c1c(N)nsc1NC(C)c1ccccc1C. The van der Waals surface area contributed by atoms with Crippen LogP contribution in [-0.4, -0.2) is 17.3 Å². The van der Waals surface area contributed by atoms with Gasteiger partial charge >= 0.3 is 0 Å². The predicted octanol–water partition coefficient (Wildman–Crippen LogP) is 2.57. The van der Waals surface area contributed by atoms with Crippen molar-refractivity contribution in [1.29, 1.82) is 0 Å². The zero-order chi connectivity index (χ0) is 14.7. The Hall–Kier alpha value is -2.08. The lowest BCUT2D eigenvalue weighted by atomic mass is 10.0. The zero-order valence-electron chi connectivity index (χ0n) is 11.7. The second-order valence-corrected chi connectivity index (χ2v) is 5.35. The van der Waals surface area contributed by atoms with Crippen LogP contribution >= 0.6 is 11.5 Å². The second-order valence-electron chi connectivity index (χ2n) is 4.57. The standard InChI is InChI=1S/C14H18N4OS/c1-8-6-4-5-7-10(8)9(2)17-14-11(13(19)16-3)12(15)18-20-14/h4-7,9,17H,1-3H3,(H2,15,18)(H,16,19). The lowest BCUT2D eigenvalue weighted by molar-refractivity contribution is 0.0965. The van der Waals surface area contributed by atoms with Gasteiger partial charge in [-0.15, -0.1) is 0 Å². The molecule has 0 radical (unpaired) electrons. The first kappa shape index (κ1) is 14.3. The molecule has 1 aromatic carbocycles. The molecule has 2 rings (SSSR count). The number of anilines is 2. The second kappa shape index (κ2) is 5.92. The fraction of sp³-hybridized carbons (Fsp3) is 0.286. The number of aromatic nitrogens is 1.